The number of nitrogens with one attached hydrogen (secondary N) is 1. The molecular formula is C19H11BrN4O3. The first kappa shape index (κ1) is 18.2. The van der Waals surface area contributed by atoms with E-state index >= 15 is 0 Å². The number of halogens is 1. The van der Waals surface area contributed by atoms with Gasteiger partial charge in [0.2, 0.25) is 0 Å². The molecule has 1 N–H and O–H groups in total. The Kier molecular flexibility index (Phi) is 5.24. The number of aromatic nitrogens is 2. The quantitative estimate of drug-likeness (QED) is 0.292. The molecule has 0 unspecified atom stereocenters. The first-order valence-electron chi connectivity index (χ1n) is 7.71. The second-order valence-corrected chi connectivity index (χ2v) is 6.36. The van der Waals surface area contributed by atoms with E-state index in [-0.39, 0.29) is 22.6 Å². The van der Waals surface area contributed by atoms with Crippen LogP contribution in [0, 0.1) is 21.4 Å². The SMILES string of the molecule is N#CC(=CC=Cc1ccccc1[N+](=O)[O-])c1nc2ccc(Br)cc2c(=O)[nH]1. The van der Waals surface area contributed by atoms with Crippen LogP contribution < -0.4 is 5.56 Å². The van der Waals surface area contributed by atoms with Crippen LogP contribution >= 0.6 is 15.9 Å². The van der Waals surface area contributed by atoms with Crippen molar-refractivity contribution in [3.05, 3.63) is 90.9 Å². The maximum Gasteiger partial charge on any atom is 0.276 e. The number of para-hydroxylation sites is 1. The average Bonchev–Trinajstić information content (AvgIpc) is 2.66. The molecule has 0 fully saturated rings. The molecule has 1 aromatic heterocycles. The average molecular weight is 423 g/mol. The number of fused-ring (bicyclic) bond motifs is 1. The number of nitro benzene ring substituents is 1. The molecule has 0 aliphatic carbocycles. The molecule has 0 saturated carbocycles. The smallest absolute Gasteiger partial charge is 0.276 e. The Hall–Kier alpha value is -3.57. The summed E-state index contributed by atoms with van der Waals surface area (Å²) in [5, 5.41) is 20.8. The predicted molar refractivity (Wildman–Crippen MR) is 106 cm³/mol. The standard InChI is InChI=1S/C19H11BrN4O3/c20-14-8-9-16-15(10-14)19(25)23-18(22-16)13(11-21)6-3-5-12-4-1-2-7-17(12)24(26)27/h1-10H,(H,22,23,25). The molecule has 7 nitrogen and oxygen atoms in total. The van der Waals surface area contributed by atoms with E-state index in [0.717, 1.165) is 4.47 Å². The topological polar surface area (TPSA) is 113 Å². The zero-order valence-corrected chi connectivity index (χ0v) is 15.3. The number of hydrogen-bond donors (Lipinski definition) is 1. The maximum absolute atomic E-state index is 12.2. The van der Waals surface area contributed by atoms with Crippen molar-refractivity contribution in [3.8, 4) is 6.07 Å². The van der Waals surface area contributed by atoms with Crippen LogP contribution in [0.3, 0.4) is 0 Å². The number of nitro groups is 1. The second-order valence-electron chi connectivity index (χ2n) is 5.44. The summed E-state index contributed by atoms with van der Waals surface area (Å²) in [6, 6.07) is 13.3. The van der Waals surface area contributed by atoms with E-state index in [1.54, 1.807) is 36.4 Å². The van der Waals surface area contributed by atoms with Gasteiger partial charge >= 0.3 is 0 Å². The number of hydrogen-bond acceptors (Lipinski definition) is 5. The fourth-order valence-electron chi connectivity index (χ4n) is 2.45. The van der Waals surface area contributed by atoms with Crippen molar-refractivity contribution in [3.63, 3.8) is 0 Å². The number of benzene rings is 2. The van der Waals surface area contributed by atoms with Gasteiger partial charge in [0.1, 0.15) is 6.07 Å². The van der Waals surface area contributed by atoms with E-state index in [0.29, 0.717) is 16.5 Å². The van der Waals surface area contributed by atoms with Gasteiger partial charge in [0.15, 0.2) is 5.82 Å². The van der Waals surface area contributed by atoms with Crippen LogP contribution in [-0.4, -0.2) is 14.9 Å². The lowest BCUT2D eigenvalue weighted by molar-refractivity contribution is -0.385. The zero-order chi connectivity index (χ0) is 19.4. The van der Waals surface area contributed by atoms with Gasteiger partial charge in [-0.25, -0.2) is 4.98 Å². The normalized spacial score (nSPS) is 11.6. The lowest BCUT2D eigenvalue weighted by atomic mass is 10.1. The third-order valence-electron chi connectivity index (χ3n) is 3.72. The largest absolute Gasteiger partial charge is 0.305 e. The third kappa shape index (κ3) is 3.99. The van der Waals surface area contributed by atoms with Crippen LogP contribution in [0.25, 0.3) is 22.6 Å². The fourth-order valence-corrected chi connectivity index (χ4v) is 2.81. The van der Waals surface area contributed by atoms with Crippen LogP contribution in [0.15, 0.2) is 63.9 Å². The van der Waals surface area contributed by atoms with Crippen molar-refractivity contribution in [1.29, 1.82) is 5.26 Å². The Morgan fingerprint density at radius 1 is 1.30 bits per heavy atom. The molecule has 0 spiro atoms. The Morgan fingerprint density at radius 2 is 2.07 bits per heavy atom. The molecule has 132 valence electrons. The Morgan fingerprint density at radius 3 is 2.81 bits per heavy atom. The first-order valence-corrected chi connectivity index (χ1v) is 8.51. The highest BCUT2D eigenvalue weighted by Crippen LogP contribution is 2.20. The number of nitriles is 1. The van der Waals surface area contributed by atoms with Crippen molar-refractivity contribution in [2.75, 3.05) is 0 Å². The molecule has 2 aromatic carbocycles. The van der Waals surface area contributed by atoms with E-state index in [1.165, 1.54) is 24.3 Å². The van der Waals surface area contributed by atoms with E-state index in [1.807, 2.05) is 6.07 Å². The fraction of sp³-hybridized carbons (Fsp3) is 0. The highest BCUT2D eigenvalue weighted by Gasteiger charge is 2.10. The van der Waals surface area contributed by atoms with Gasteiger partial charge in [0, 0.05) is 10.5 Å². The Balaban J connectivity index is 2.00. The van der Waals surface area contributed by atoms with Crippen LogP contribution in [0.2, 0.25) is 0 Å². The Labute approximate surface area is 161 Å². The van der Waals surface area contributed by atoms with Crippen LogP contribution in [-0.2, 0) is 0 Å². The third-order valence-corrected chi connectivity index (χ3v) is 4.21. The molecule has 0 saturated heterocycles. The van der Waals surface area contributed by atoms with Gasteiger partial charge in [-0.2, -0.15) is 5.26 Å². The second kappa shape index (κ2) is 7.76. The summed E-state index contributed by atoms with van der Waals surface area (Å²) in [5.41, 5.74) is 0.594. The van der Waals surface area contributed by atoms with Crippen LogP contribution in [0.1, 0.15) is 11.4 Å². The molecule has 1 heterocycles. The zero-order valence-electron chi connectivity index (χ0n) is 13.7. The molecule has 3 rings (SSSR count). The van der Waals surface area contributed by atoms with Gasteiger partial charge in [-0.15, -0.1) is 0 Å². The lowest BCUT2D eigenvalue weighted by Gasteiger charge is -2.02. The summed E-state index contributed by atoms with van der Waals surface area (Å²) in [4.78, 5) is 29.7. The molecular weight excluding hydrogens is 412 g/mol. The summed E-state index contributed by atoms with van der Waals surface area (Å²) >= 11 is 3.30. The minimum absolute atomic E-state index is 0.0385. The number of allylic oxidation sites excluding steroid dienone is 3. The van der Waals surface area contributed by atoms with Gasteiger partial charge in [-0.1, -0.05) is 34.1 Å². The molecule has 0 radical (unpaired) electrons. The minimum Gasteiger partial charge on any atom is -0.305 e. The van der Waals surface area contributed by atoms with Crippen molar-refractivity contribution in [2.24, 2.45) is 0 Å². The number of rotatable bonds is 4. The van der Waals surface area contributed by atoms with Crippen molar-refractivity contribution >= 4 is 44.2 Å². The maximum atomic E-state index is 12.2. The van der Waals surface area contributed by atoms with E-state index in [2.05, 4.69) is 25.9 Å². The van der Waals surface area contributed by atoms with E-state index < -0.39 is 4.92 Å². The van der Waals surface area contributed by atoms with Crippen LogP contribution in [0.5, 0.6) is 0 Å². The first-order chi connectivity index (χ1) is 13.0. The Bertz CT molecular complexity index is 1210. The van der Waals surface area contributed by atoms with Gasteiger partial charge in [-0.3, -0.25) is 14.9 Å². The van der Waals surface area contributed by atoms with E-state index in [4.69, 9.17) is 0 Å². The summed E-state index contributed by atoms with van der Waals surface area (Å²) in [5.74, 6) is 0.129. The minimum atomic E-state index is -0.477. The van der Waals surface area contributed by atoms with Crippen molar-refractivity contribution in [1.82, 2.24) is 9.97 Å². The molecule has 0 aliphatic rings. The molecule has 27 heavy (non-hydrogen) atoms. The van der Waals surface area contributed by atoms with E-state index in [9.17, 15) is 20.2 Å². The summed E-state index contributed by atoms with van der Waals surface area (Å²) < 4.78 is 0.749. The predicted octanol–water partition coefficient (Wildman–Crippen LogP) is 4.21. The number of aromatic amines is 1. The molecule has 0 bridgehead atoms. The summed E-state index contributed by atoms with van der Waals surface area (Å²) in [6.45, 7) is 0. The van der Waals surface area contributed by atoms with Gasteiger partial charge in [-0.05, 0) is 36.4 Å². The molecule has 8 heteroatoms. The molecule has 0 atom stereocenters. The monoisotopic (exact) mass is 422 g/mol. The molecule has 3 aromatic rings. The van der Waals surface area contributed by atoms with Crippen molar-refractivity contribution < 1.29 is 4.92 Å². The molecule has 0 aliphatic heterocycles. The van der Waals surface area contributed by atoms with Gasteiger partial charge in [0.25, 0.3) is 11.2 Å². The van der Waals surface area contributed by atoms with Gasteiger partial charge < -0.3 is 4.98 Å². The van der Waals surface area contributed by atoms with Crippen molar-refractivity contribution in [2.45, 2.75) is 0 Å². The van der Waals surface area contributed by atoms with Crippen LogP contribution in [0.4, 0.5) is 5.69 Å². The summed E-state index contributed by atoms with van der Waals surface area (Å²) in [6.07, 6.45) is 4.47. The number of H-pyrrole nitrogens is 1. The highest BCUT2D eigenvalue weighted by molar-refractivity contribution is 9.10. The highest BCUT2D eigenvalue weighted by atomic mass is 79.9. The summed E-state index contributed by atoms with van der Waals surface area (Å²) in [7, 11) is 0. The van der Waals surface area contributed by atoms with Gasteiger partial charge in [0.05, 0.1) is 27.0 Å². The lowest BCUT2D eigenvalue weighted by Crippen LogP contribution is -2.11. The number of nitrogens with zero attached hydrogens (tertiary/aromatic N) is 3. The molecule has 0 amide bonds.